The summed E-state index contributed by atoms with van der Waals surface area (Å²) in [4.78, 5) is 17.5. The lowest BCUT2D eigenvalue weighted by Gasteiger charge is -2.06. The minimum atomic E-state index is 0.0730. The molecular weight excluding hydrogens is 350 g/mol. The van der Waals surface area contributed by atoms with Crippen molar-refractivity contribution in [3.8, 4) is 0 Å². The van der Waals surface area contributed by atoms with Gasteiger partial charge in [0.05, 0.1) is 5.92 Å². The molecule has 2 heterocycles. The zero-order valence-corrected chi connectivity index (χ0v) is 13.8. The van der Waals surface area contributed by atoms with Crippen LogP contribution in [0.15, 0.2) is 34.9 Å². The van der Waals surface area contributed by atoms with E-state index in [0.29, 0.717) is 5.13 Å². The third-order valence-electron chi connectivity index (χ3n) is 3.51. The third kappa shape index (κ3) is 3.90. The second-order valence-electron chi connectivity index (χ2n) is 5.11. The molecule has 1 amide bonds. The van der Waals surface area contributed by atoms with Crippen molar-refractivity contribution >= 4 is 38.3 Å². The number of halogens is 1. The number of thiazole rings is 1. The van der Waals surface area contributed by atoms with Crippen LogP contribution in [0, 0.1) is 5.92 Å². The smallest absolute Gasteiger partial charge is 0.230 e. The fourth-order valence-corrected chi connectivity index (χ4v) is 3.45. The molecule has 3 rings (SSSR count). The molecule has 1 aliphatic heterocycles. The first-order chi connectivity index (χ1) is 10.2. The van der Waals surface area contributed by atoms with Gasteiger partial charge in [-0.2, -0.15) is 0 Å². The first-order valence-corrected chi connectivity index (χ1v) is 8.52. The van der Waals surface area contributed by atoms with Gasteiger partial charge in [-0.25, -0.2) is 4.98 Å². The number of nitrogens with zero attached hydrogens (tertiary/aromatic N) is 1. The summed E-state index contributed by atoms with van der Waals surface area (Å²) in [5.74, 6) is 0.147. The van der Waals surface area contributed by atoms with Crippen molar-refractivity contribution in [3.63, 3.8) is 0 Å². The molecule has 0 bridgehead atoms. The molecule has 1 atom stereocenters. The molecule has 0 radical (unpaired) electrons. The summed E-state index contributed by atoms with van der Waals surface area (Å²) in [5.41, 5.74) is 1.24. The second-order valence-corrected chi connectivity index (χ2v) is 7.14. The van der Waals surface area contributed by atoms with Crippen molar-refractivity contribution in [2.24, 2.45) is 5.92 Å². The first-order valence-electron chi connectivity index (χ1n) is 6.91. The van der Waals surface area contributed by atoms with E-state index in [1.54, 1.807) is 11.3 Å². The van der Waals surface area contributed by atoms with Crippen LogP contribution in [0.2, 0.25) is 0 Å². The number of nitrogens with one attached hydrogen (secondary N) is 2. The molecule has 21 heavy (non-hydrogen) atoms. The van der Waals surface area contributed by atoms with Crippen LogP contribution in [0.25, 0.3) is 0 Å². The Balaban J connectivity index is 1.60. The zero-order chi connectivity index (χ0) is 14.7. The number of hydrogen-bond acceptors (Lipinski definition) is 4. The summed E-state index contributed by atoms with van der Waals surface area (Å²) in [5, 5.41) is 6.81. The minimum absolute atomic E-state index is 0.0730. The van der Waals surface area contributed by atoms with E-state index in [0.717, 1.165) is 35.3 Å². The number of anilines is 1. The van der Waals surface area contributed by atoms with E-state index >= 15 is 0 Å². The van der Waals surface area contributed by atoms with Crippen LogP contribution in [0.4, 0.5) is 5.13 Å². The van der Waals surface area contributed by atoms with Crippen molar-refractivity contribution in [2.75, 3.05) is 18.4 Å². The average Bonchev–Trinajstić information content (AvgIpc) is 3.13. The standard InChI is InChI=1S/C15H16BrN3OS/c16-12-3-1-10(2-4-12)7-13-9-18-15(21-13)19-14(20)11-5-6-17-8-11/h1-4,9,11,17H,5-8H2,(H,18,19,20). The van der Waals surface area contributed by atoms with Crippen molar-refractivity contribution < 1.29 is 4.79 Å². The van der Waals surface area contributed by atoms with Crippen molar-refractivity contribution in [2.45, 2.75) is 12.8 Å². The largest absolute Gasteiger partial charge is 0.316 e. The number of carbonyl (C=O) groups is 1. The number of carbonyl (C=O) groups excluding carboxylic acids is 1. The number of hydrogen-bond donors (Lipinski definition) is 2. The monoisotopic (exact) mass is 365 g/mol. The number of rotatable bonds is 4. The molecule has 4 nitrogen and oxygen atoms in total. The average molecular weight is 366 g/mol. The van der Waals surface area contributed by atoms with E-state index < -0.39 is 0 Å². The molecule has 1 aromatic carbocycles. The molecule has 0 saturated carbocycles. The van der Waals surface area contributed by atoms with E-state index in [2.05, 4.69) is 43.7 Å². The van der Waals surface area contributed by atoms with Crippen LogP contribution in [-0.2, 0) is 11.2 Å². The van der Waals surface area contributed by atoms with E-state index in [1.807, 2.05) is 18.3 Å². The van der Waals surface area contributed by atoms with Gasteiger partial charge in [-0.3, -0.25) is 4.79 Å². The SMILES string of the molecule is O=C(Nc1ncc(Cc2ccc(Br)cc2)s1)C1CCNC1. The quantitative estimate of drug-likeness (QED) is 0.875. The lowest BCUT2D eigenvalue weighted by Crippen LogP contribution is -2.24. The molecule has 0 aliphatic carbocycles. The Kier molecular flexibility index (Phi) is 4.67. The molecular formula is C15H16BrN3OS. The molecule has 0 spiro atoms. The fraction of sp³-hybridized carbons (Fsp3) is 0.333. The third-order valence-corrected chi connectivity index (χ3v) is 4.95. The lowest BCUT2D eigenvalue weighted by molar-refractivity contribution is -0.119. The van der Waals surface area contributed by atoms with E-state index in [1.165, 1.54) is 5.56 Å². The van der Waals surface area contributed by atoms with Gasteiger partial charge in [0.1, 0.15) is 0 Å². The van der Waals surface area contributed by atoms with Gasteiger partial charge in [-0.15, -0.1) is 11.3 Å². The summed E-state index contributed by atoms with van der Waals surface area (Å²) >= 11 is 4.98. The lowest BCUT2D eigenvalue weighted by atomic mass is 10.1. The molecule has 1 fully saturated rings. The van der Waals surface area contributed by atoms with Gasteiger partial charge in [-0.1, -0.05) is 28.1 Å². The molecule has 6 heteroatoms. The van der Waals surface area contributed by atoms with Crippen LogP contribution >= 0.6 is 27.3 Å². The highest BCUT2D eigenvalue weighted by atomic mass is 79.9. The van der Waals surface area contributed by atoms with Crippen LogP contribution in [-0.4, -0.2) is 24.0 Å². The van der Waals surface area contributed by atoms with E-state index in [4.69, 9.17) is 0 Å². The molecule has 1 aromatic heterocycles. The van der Waals surface area contributed by atoms with E-state index in [-0.39, 0.29) is 11.8 Å². The molecule has 1 saturated heterocycles. The Morgan fingerprint density at radius 1 is 1.43 bits per heavy atom. The predicted octanol–water partition coefficient (Wildman–Crippen LogP) is 3.04. The maximum absolute atomic E-state index is 12.0. The fourth-order valence-electron chi connectivity index (χ4n) is 2.34. The maximum atomic E-state index is 12.0. The molecule has 2 N–H and O–H groups in total. The Morgan fingerprint density at radius 3 is 2.95 bits per heavy atom. The van der Waals surface area contributed by atoms with Gasteiger partial charge >= 0.3 is 0 Å². The number of amides is 1. The number of benzene rings is 1. The van der Waals surface area contributed by atoms with Crippen molar-refractivity contribution in [3.05, 3.63) is 45.4 Å². The highest BCUT2D eigenvalue weighted by Crippen LogP contribution is 2.23. The summed E-state index contributed by atoms with van der Waals surface area (Å²) in [6, 6.07) is 8.25. The van der Waals surface area contributed by atoms with Crippen LogP contribution in [0.1, 0.15) is 16.9 Å². The highest BCUT2D eigenvalue weighted by Gasteiger charge is 2.23. The van der Waals surface area contributed by atoms with Crippen LogP contribution in [0.3, 0.4) is 0 Å². The minimum Gasteiger partial charge on any atom is -0.316 e. The topological polar surface area (TPSA) is 54.0 Å². The van der Waals surface area contributed by atoms with Gasteiger partial charge in [0.2, 0.25) is 5.91 Å². The first kappa shape index (κ1) is 14.7. The molecule has 2 aromatic rings. The second kappa shape index (κ2) is 6.68. The summed E-state index contributed by atoms with van der Waals surface area (Å²) in [6.45, 7) is 1.69. The highest BCUT2D eigenvalue weighted by molar-refractivity contribution is 9.10. The van der Waals surface area contributed by atoms with Gasteiger partial charge in [0.25, 0.3) is 0 Å². The zero-order valence-electron chi connectivity index (χ0n) is 11.4. The van der Waals surface area contributed by atoms with Gasteiger partial charge < -0.3 is 10.6 Å². The van der Waals surface area contributed by atoms with Crippen LogP contribution in [0.5, 0.6) is 0 Å². The van der Waals surface area contributed by atoms with Gasteiger partial charge in [0.15, 0.2) is 5.13 Å². The Morgan fingerprint density at radius 2 is 2.24 bits per heavy atom. The van der Waals surface area contributed by atoms with Crippen molar-refractivity contribution in [1.29, 1.82) is 0 Å². The maximum Gasteiger partial charge on any atom is 0.230 e. The van der Waals surface area contributed by atoms with Gasteiger partial charge in [0, 0.05) is 28.5 Å². The van der Waals surface area contributed by atoms with Crippen LogP contribution < -0.4 is 10.6 Å². The van der Waals surface area contributed by atoms with Gasteiger partial charge in [-0.05, 0) is 30.7 Å². The number of aromatic nitrogens is 1. The van der Waals surface area contributed by atoms with E-state index in [9.17, 15) is 4.79 Å². The van der Waals surface area contributed by atoms with Crippen molar-refractivity contribution in [1.82, 2.24) is 10.3 Å². The Bertz CT molecular complexity index is 620. The molecule has 1 aliphatic rings. The molecule has 110 valence electrons. The normalized spacial score (nSPS) is 17.9. The summed E-state index contributed by atoms with van der Waals surface area (Å²) < 4.78 is 1.08. The summed E-state index contributed by atoms with van der Waals surface area (Å²) in [6.07, 6.45) is 3.59. The Hall–Kier alpha value is -1.24. The molecule has 1 unspecified atom stereocenters. The Labute approximate surface area is 136 Å². The predicted molar refractivity (Wildman–Crippen MR) is 88.7 cm³/mol. The summed E-state index contributed by atoms with van der Waals surface area (Å²) in [7, 11) is 0.